The lowest BCUT2D eigenvalue weighted by Gasteiger charge is -2.13. The third kappa shape index (κ3) is 8.72. The number of carbonyl (C=O) groups excluding carboxylic acids is 1. The van der Waals surface area contributed by atoms with Gasteiger partial charge in [-0.25, -0.2) is 4.99 Å². The zero-order valence-corrected chi connectivity index (χ0v) is 19.7. The van der Waals surface area contributed by atoms with E-state index in [0.717, 1.165) is 41.5 Å². The first-order valence-corrected chi connectivity index (χ1v) is 9.69. The number of nitrogens with zero attached hydrogens (tertiary/aromatic N) is 1. The normalized spacial score (nSPS) is 10.7. The zero-order valence-electron chi connectivity index (χ0n) is 17.3. The van der Waals surface area contributed by atoms with E-state index in [-0.39, 0.29) is 29.9 Å². The molecule has 1 amide bonds. The summed E-state index contributed by atoms with van der Waals surface area (Å²) >= 11 is 0. The van der Waals surface area contributed by atoms with Crippen molar-refractivity contribution in [3.63, 3.8) is 0 Å². The Hall–Kier alpha value is -2.29. The van der Waals surface area contributed by atoms with Crippen LogP contribution in [0.5, 0.6) is 5.75 Å². The number of halogens is 1. The summed E-state index contributed by atoms with van der Waals surface area (Å²) in [5, 5.41) is 9.51. The molecule has 7 heteroatoms. The molecular formula is C22H31IN4O2. The van der Waals surface area contributed by atoms with Gasteiger partial charge < -0.3 is 20.7 Å². The third-order valence-electron chi connectivity index (χ3n) is 4.09. The van der Waals surface area contributed by atoms with Crippen LogP contribution in [0.1, 0.15) is 37.8 Å². The summed E-state index contributed by atoms with van der Waals surface area (Å²) in [7, 11) is 1.67. The molecule has 0 saturated carbocycles. The van der Waals surface area contributed by atoms with Crippen LogP contribution in [0.25, 0.3) is 0 Å². The number of rotatable bonds is 9. The highest BCUT2D eigenvalue weighted by molar-refractivity contribution is 14.0. The van der Waals surface area contributed by atoms with Crippen molar-refractivity contribution in [2.45, 2.75) is 39.8 Å². The van der Waals surface area contributed by atoms with Gasteiger partial charge in [-0.3, -0.25) is 4.79 Å². The van der Waals surface area contributed by atoms with E-state index in [1.54, 1.807) is 7.11 Å². The maximum atomic E-state index is 11.8. The van der Waals surface area contributed by atoms with Crippen molar-refractivity contribution in [2.24, 2.45) is 4.99 Å². The highest BCUT2D eigenvalue weighted by Crippen LogP contribution is 2.16. The second-order valence-corrected chi connectivity index (χ2v) is 6.36. The van der Waals surface area contributed by atoms with E-state index in [2.05, 4.69) is 20.9 Å². The van der Waals surface area contributed by atoms with Crippen LogP contribution in [0.2, 0.25) is 0 Å². The number of hydrogen-bond donors (Lipinski definition) is 3. The van der Waals surface area contributed by atoms with Gasteiger partial charge in [-0.15, -0.1) is 24.0 Å². The lowest BCUT2D eigenvalue weighted by molar-refractivity contribution is -0.116. The number of ether oxygens (including phenoxy) is 1. The van der Waals surface area contributed by atoms with E-state index in [1.807, 2.05) is 62.4 Å². The van der Waals surface area contributed by atoms with Crippen LogP contribution in [-0.4, -0.2) is 25.5 Å². The molecular weight excluding hydrogens is 479 g/mol. The molecule has 0 aliphatic carbocycles. The summed E-state index contributed by atoms with van der Waals surface area (Å²) in [5.74, 6) is 1.62. The molecule has 0 spiro atoms. The van der Waals surface area contributed by atoms with E-state index in [0.29, 0.717) is 19.5 Å². The SMILES string of the molecule is CCCC(=O)Nc1cccc(CN=C(NCC)NCc2ccccc2OC)c1.I. The molecule has 0 bridgehead atoms. The number of aliphatic imine (C=N–C) groups is 1. The summed E-state index contributed by atoms with van der Waals surface area (Å²) in [5.41, 5.74) is 2.90. The van der Waals surface area contributed by atoms with Crippen LogP contribution in [-0.2, 0) is 17.9 Å². The molecule has 0 heterocycles. The summed E-state index contributed by atoms with van der Waals surface area (Å²) in [6, 6.07) is 15.7. The topological polar surface area (TPSA) is 74.8 Å². The Labute approximate surface area is 190 Å². The number of methoxy groups -OCH3 is 1. The third-order valence-corrected chi connectivity index (χ3v) is 4.09. The van der Waals surface area contributed by atoms with Gasteiger partial charge in [0.1, 0.15) is 5.75 Å². The molecule has 0 unspecified atom stereocenters. The molecule has 0 aromatic heterocycles. The Morgan fingerprint density at radius 2 is 1.86 bits per heavy atom. The summed E-state index contributed by atoms with van der Waals surface area (Å²) in [6.45, 7) is 5.92. The first-order valence-electron chi connectivity index (χ1n) is 9.69. The maximum absolute atomic E-state index is 11.8. The predicted molar refractivity (Wildman–Crippen MR) is 130 cm³/mol. The van der Waals surface area contributed by atoms with E-state index in [4.69, 9.17) is 4.74 Å². The number of amides is 1. The Kier molecular flexibility index (Phi) is 11.8. The fourth-order valence-corrected chi connectivity index (χ4v) is 2.74. The number of benzene rings is 2. The summed E-state index contributed by atoms with van der Waals surface area (Å²) < 4.78 is 5.39. The maximum Gasteiger partial charge on any atom is 0.224 e. The summed E-state index contributed by atoms with van der Waals surface area (Å²) in [6.07, 6.45) is 1.36. The van der Waals surface area contributed by atoms with Crippen LogP contribution < -0.4 is 20.7 Å². The van der Waals surface area contributed by atoms with Gasteiger partial charge in [0.05, 0.1) is 13.7 Å². The van der Waals surface area contributed by atoms with Crippen LogP contribution >= 0.6 is 24.0 Å². The van der Waals surface area contributed by atoms with Crippen molar-refractivity contribution in [1.82, 2.24) is 10.6 Å². The van der Waals surface area contributed by atoms with Gasteiger partial charge in [0.15, 0.2) is 5.96 Å². The Balaban J connectivity index is 0.00000420. The Bertz CT molecular complexity index is 796. The Morgan fingerprint density at radius 1 is 1.07 bits per heavy atom. The number of carbonyl (C=O) groups is 1. The zero-order chi connectivity index (χ0) is 20.2. The smallest absolute Gasteiger partial charge is 0.224 e. The fraction of sp³-hybridized carbons (Fsp3) is 0.364. The minimum atomic E-state index is 0. The first-order chi connectivity index (χ1) is 13.7. The average molecular weight is 510 g/mol. The van der Waals surface area contributed by atoms with Crippen molar-refractivity contribution in [3.8, 4) is 5.75 Å². The van der Waals surface area contributed by atoms with Crippen molar-refractivity contribution >= 4 is 41.5 Å². The predicted octanol–water partition coefficient (Wildman–Crippen LogP) is 4.31. The highest BCUT2D eigenvalue weighted by Gasteiger charge is 2.04. The standard InChI is InChI=1S/C22H30N4O2.HI/c1-4-9-21(27)26-19-12-8-10-17(14-19)15-24-22(23-5-2)25-16-18-11-6-7-13-20(18)28-3;/h6-8,10-14H,4-5,9,15-16H2,1-3H3,(H,26,27)(H2,23,24,25);1H. The minimum Gasteiger partial charge on any atom is -0.496 e. The number of guanidine groups is 1. The molecule has 0 radical (unpaired) electrons. The van der Waals surface area contributed by atoms with Crippen molar-refractivity contribution in [3.05, 3.63) is 59.7 Å². The molecule has 0 fully saturated rings. The summed E-state index contributed by atoms with van der Waals surface area (Å²) in [4.78, 5) is 16.4. The van der Waals surface area contributed by atoms with Crippen LogP contribution in [0.3, 0.4) is 0 Å². The van der Waals surface area contributed by atoms with Crippen molar-refractivity contribution in [2.75, 3.05) is 19.0 Å². The molecule has 0 saturated heterocycles. The van der Waals surface area contributed by atoms with Gasteiger partial charge in [-0.1, -0.05) is 37.3 Å². The molecule has 0 atom stereocenters. The number of nitrogens with one attached hydrogen (secondary N) is 3. The van der Waals surface area contributed by atoms with Gasteiger partial charge >= 0.3 is 0 Å². The van der Waals surface area contributed by atoms with Gasteiger partial charge in [-0.05, 0) is 37.1 Å². The van der Waals surface area contributed by atoms with Gasteiger partial charge in [-0.2, -0.15) is 0 Å². The largest absolute Gasteiger partial charge is 0.496 e. The Morgan fingerprint density at radius 3 is 2.59 bits per heavy atom. The van der Waals surface area contributed by atoms with E-state index >= 15 is 0 Å². The highest BCUT2D eigenvalue weighted by atomic mass is 127. The molecule has 2 aromatic rings. The minimum absolute atomic E-state index is 0. The first kappa shape index (κ1) is 24.7. The van der Waals surface area contributed by atoms with Crippen LogP contribution in [0.4, 0.5) is 5.69 Å². The average Bonchev–Trinajstić information content (AvgIpc) is 2.70. The number of para-hydroxylation sites is 1. The number of hydrogen-bond acceptors (Lipinski definition) is 3. The van der Waals surface area contributed by atoms with E-state index in [9.17, 15) is 4.79 Å². The molecule has 2 rings (SSSR count). The lowest BCUT2D eigenvalue weighted by Crippen LogP contribution is -2.36. The fourth-order valence-electron chi connectivity index (χ4n) is 2.74. The second kappa shape index (κ2) is 13.8. The van der Waals surface area contributed by atoms with E-state index < -0.39 is 0 Å². The van der Waals surface area contributed by atoms with Gasteiger partial charge in [0.25, 0.3) is 0 Å². The number of anilines is 1. The second-order valence-electron chi connectivity index (χ2n) is 6.36. The van der Waals surface area contributed by atoms with E-state index in [1.165, 1.54) is 0 Å². The molecule has 158 valence electrons. The van der Waals surface area contributed by atoms with Crippen LogP contribution in [0.15, 0.2) is 53.5 Å². The monoisotopic (exact) mass is 510 g/mol. The van der Waals surface area contributed by atoms with Crippen LogP contribution in [0, 0.1) is 0 Å². The molecule has 29 heavy (non-hydrogen) atoms. The molecule has 0 aliphatic heterocycles. The quantitative estimate of drug-likeness (QED) is 0.267. The van der Waals surface area contributed by atoms with Gasteiger partial charge in [0, 0.05) is 30.8 Å². The van der Waals surface area contributed by atoms with Crippen molar-refractivity contribution < 1.29 is 9.53 Å². The molecule has 6 nitrogen and oxygen atoms in total. The molecule has 3 N–H and O–H groups in total. The molecule has 0 aliphatic rings. The molecule has 2 aromatic carbocycles. The lowest BCUT2D eigenvalue weighted by atomic mass is 10.2. The van der Waals surface area contributed by atoms with Crippen molar-refractivity contribution in [1.29, 1.82) is 0 Å². The van der Waals surface area contributed by atoms with Gasteiger partial charge in [0.2, 0.25) is 5.91 Å².